The van der Waals surface area contributed by atoms with Crippen molar-refractivity contribution >= 4 is 15.8 Å². The quantitative estimate of drug-likeness (QED) is 0.318. The Morgan fingerprint density at radius 2 is 1.53 bits per heavy atom. The number of ether oxygens (including phenoxy) is 1. The lowest BCUT2D eigenvalue weighted by atomic mass is 9.99. The maximum atomic E-state index is 13.7. The molecule has 3 aromatic carbocycles. The van der Waals surface area contributed by atoms with E-state index in [1.807, 2.05) is 68.4 Å². The first-order valence-corrected chi connectivity index (χ1v) is 14.1. The van der Waals surface area contributed by atoms with Crippen LogP contribution in [-0.2, 0) is 21.2 Å². The molecule has 1 saturated heterocycles. The van der Waals surface area contributed by atoms with E-state index in [4.69, 9.17) is 9.84 Å². The van der Waals surface area contributed by atoms with Crippen LogP contribution < -0.4 is 0 Å². The highest BCUT2D eigenvalue weighted by Gasteiger charge is 2.28. The first-order chi connectivity index (χ1) is 18.2. The molecule has 196 valence electrons. The molecule has 1 fully saturated rings. The Morgan fingerprint density at radius 3 is 2.18 bits per heavy atom. The summed E-state index contributed by atoms with van der Waals surface area (Å²) in [5.74, 6) is -0.127. The van der Waals surface area contributed by atoms with Gasteiger partial charge in [0, 0.05) is 31.3 Å². The van der Waals surface area contributed by atoms with Crippen molar-refractivity contribution in [1.82, 2.24) is 14.1 Å². The number of Topliss-reactive ketones (excluding diaryl/α,β-unsaturated/α-hetero) is 1. The molecule has 0 bridgehead atoms. The van der Waals surface area contributed by atoms with E-state index in [0.717, 1.165) is 22.4 Å². The molecule has 0 spiro atoms. The highest BCUT2D eigenvalue weighted by molar-refractivity contribution is 7.89. The third kappa shape index (κ3) is 5.34. The van der Waals surface area contributed by atoms with Gasteiger partial charge in [-0.1, -0.05) is 59.7 Å². The fourth-order valence-corrected chi connectivity index (χ4v) is 6.25. The number of carbonyl (C=O) groups excluding carboxylic acids is 1. The topological polar surface area (TPSA) is 81.5 Å². The lowest BCUT2D eigenvalue weighted by molar-refractivity contribution is 0.0730. The van der Waals surface area contributed by atoms with Crippen molar-refractivity contribution in [3.8, 4) is 16.9 Å². The Hall–Kier alpha value is -3.59. The third-order valence-electron chi connectivity index (χ3n) is 6.84. The van der Waals surface area contributed by atoms with Crippen molar-refractivity contribution in [2.45, 2.75) is 32.1 Å². The molecule has 8 heteroatoms. The van der Waals surface area contributed by atoms with E-state index in [9.17, 15) is 13.2 Å². The van der Waals surface area contributed by atoms with Gasteiger partial charge in [-0.25, -0.2) is 13.1 Å². The van der Waals surface area contributed by atoms with E-state index < -0.39 is 10.0 Å². The van der Waals surface area contributed by atoms with E-state index in [0.29, 0.717) is 48.7 Å². The standard InChI is InChI=1S/C30H31N3O4S/c1-21-4-10-25(11-5-21)30-27(20-33(31-30)26-12-6-22(2)7-13-26)28(34)18-24-9-8-23(3)29(19-24)38(35,36)32-14-16-37-17-15-32/h4-13,19-20H,14-18H2,1-3H3. The SMILES string of the molecule is Cc1ccc(-c2nn(-c3ccc(C)cc3)cc2C(=O)Cc2ccc(C)c(S(=O)(=O)N3CCOCC3)c2)cc1. The minimum absolute atomic E-state index is 0.0599. The Bertz CT molecular complexity index is 1570. The van der Waals surface area contributed by atoms with Crippen LogP contribution in [0.3, 0.4) is 0 Å². The molecule has 4 aromatic rings. The lowest BCUT2D eigenvalue weighted by Gasteiger charge is -2.26. The molecular weight excluding hydrogens is 498 g/mol. The number of ketones is 1. The predicted octanol–water partition coefficient (Wildman–Crippen LogP) is 4.91. The van der Waals surface area contributed by atoms with E-state index in [2.05, 4.69) is 0 Å². The van der Waals surface area contributed by atoms with Gasteiger partial charge in [0.05, 0.1) is 29.4 Å². The molecule has 0 aliphatic carbocycles. The maximum absolute atomic E-state index is 13.7. The number of aryl methyl sites for hydroxylation is 3. The number of morpholine rings is 1. The monoisotopic (exact) mass is 529 g/mol. The minimum Gasteiger partial charge on any atom is -0.379 e. The molecule has 38 heavy (non-hydrogen) atoms. The molecule has 0 radical (unpaired) electrons. The van der Waals surface area contributed by atoms with Gasteiger partial charge in [-0.3, -0.25) is 4.79 Å². The predicted molar refractivity (Wildman–Crippen MR) is 147 cm³/mol. The average molecular weight is 530 g/mol. The summed E-state index contributed by atoms with van der Waals surface area (Å²) in [5, 5.41) is 4.79. The maximum Gasteiger partial charge on any atom is 0.243 e. The molecule has 0 atom stereocenters. The van der Waals surface area contributed by atoms with Gasteiger partial charge in [0.1, 0.15) is 5.69 Å². The van der Waals surface area contributed by atoms with Gasteiger partial charge in [-0.15, -0.1) is 0 Å². The van der Waals surface area contributed by atoms with Crippen LogP contribution in [0.1, 0.15) is 32.6 Å². The molecular formula is C30H31N3O4S. The fourth-order valence-electron chi connectivity index (χ4n) is 4.57. The summed E-state index contributed by atoms with van der Waals surface area (Å²) >= 11 is 0. The average Bonchev–Trinajstić information content (AvgIpc) is 3.37. The number of benzene rings is 3. The van der Waals surface area contributed by atoms with Crippen molar-refractivity contribution in [2.75, 3.05) is 26.3 Å². The summed E-state index contributed by atoms with van der Waals surface area (Å²) in [6, 6.07) is 21.1. The van der Waals surface area contributed by atoms with Gasteiger partial charge in [-0.05, 0) is 50.1 Å². The second-order valence-corrected chi connectivity index (χ2v) is 11.7. The van der Waals surface area contributed by atoms with E-state index >= 15 is 0 Å². The van der Waals surface area contributed by atoms with Gasteiger partial charge >= 0.3 is 0 Å². The summed E-state index contributed by atoms with van der Waals surface area (Å²) in [4.78, 5) is 13.9. The number of rotatable bonds is 7. The molecule has 7 nitrogen and oxygen atoms in total. The molecule has 2 heterocycles. The van der Waals surface area contributed by atoms with E-state index in [1.165, 1.54) is 4.31 Å². The summed E-state index contributed by atoms with van der Waals surface area (Å²) in [6.07, 6.45) is 1.83. The zero-order valence-electron chi connectivity index (χ0n) is 21.8. The Morgan fingerprint density at radius 1 is 0.895 bits per heavy atom. The van der Waals surface area contributed by atoms with Crippen molar-refractivity contribution in [1.29, 1.82) is 0 Å². The first kappa shape index (κ1) is 26.0. The number of sulfonamides is 1. The molecule has 0 N–H and O–H groups in total. The summed E-state index contributed by atoms with van der Waals surface area (Å²) in [7, 11) is -3.68. The Balaban J connectivity index is 1.50. The second-order valence-electron chi connectivity index (χ2n) is 9.75. The number of carbonyl (C=O) groups is 1. The van der Waals surface area contributed by atoms with Crippen LogP contribution in [0.15, 0.2) is 77.8 Å². The molecule has 1 aliphatic heterocycles. The van der Waals surface area contributed by atoms with Gasteiger partial charge in [-0.2, -0.15) is 9.40 Å². The Kier molecular flexibility index (Phi) is 7.29. The zero-order valence-corrected chi connectivity index (χ0v) is 22.7. The van der Waals surface area contributed by atoms with E-state index in [-0.39, 0.29) is 17.1 Å². The lowest BCUT2D eigenvalue weighted by Crippen LogP contribution is -2.40. The van der Waals surface area contributed by atoms with Crippen molar-refractivity contribution in [3.05, 3.63) is 101 Å². The molecule has 0 amide bonds. The zero-order chi connectivity index (χ0) is 26.9. The molecule has 1 aromatic heterocycles. The van der Waals surface area contributed by atoms with Crippen LogP contribution in [0.2, 0.25) is 0 Å². The van der Waals surface area contributed by atoms with Crippen molar-refractivity contribution in [2.24, 2.45) is 0 Å². The number of hydrogen-bond donors (Lipinski definition) is 0. The number of aromatic nitrogens is 2. The molecule has 5 rings (SSSR count). The highest BCUT2D eigenvalue weighted by Crippen LogP contribution is 2.27. The largest absolute Gasteiger partial charge is 0.379 e. The number of nitrogens with zero attached hydrogens (tertiary/aromatic N) is 3. The van der Waals surface area contributed by atoms with Crippen molar-refractivity contribution < 1.29 is 17.9 Å². The highest BCUT2D eigenvalue weighted by atomic mass is 32.2. The van der Waals surface area contributed by atoms with Gasteiger partial charge in [0.15, 0.2) is 5.78 Å². The van der Waals surface area contributed by atoms with Crippen LogP contribution in [0.5, 0.6) is 0 Å². The minimum atomic E-state index is -3.68. The Labute approximate surface area is 223 Å². The third-order valence-corrected chi connectivity index (χ3v) is 8.88. The summed E-state index contributed by atoms with van der Waals surface area (Å²) in [5.41, 5.74) is 6.36. The molecule has 0 saturated carbocycles. The van der Waals surface area contributed by atoms with Gasteiger partial charge < -0.3 is 4.74 Å². The molecule has 0 unspecified atom stereocenters. The van der Waals surface area contributed by atoms with Crippen LogP contribution in [0.4, 0.5) is 0 Å². The van der Waals surface area contributed by atoms with E-state index in [1.54, 1.807) is 29.9 Å². The van der Waals surface area contributed by atoms with Crippen LogP contribution in [0, 0.1) is 20.8 Å². The summed E-state index contributed by atoms with van der Waals surface area (Å²) in [6.45, 7) is 7.22. The normalized spacial score (nSPS) is 14.5. The summed E-state index contributed by atoms with van der Waals surface area (Å²) < 4.78 is 35.2. The number of hydrogen-bond acceptors (Lipinski definition) is 5. The fraction of sp³-hybridized carbons (Fsp3) is 0.267. The first-order valence-electron chi connectivity index (χ1n) is 12.7. The van der Waals surface area contributed by atoms with Crippen LogP contribution >= 0.6 is 0 Å². The van der Waals surface area contributed by atoms with Gasteiger partial charge in [0.2, 0.25) is 10.0 Å². The van der Waals surface area contributed by atoms with Crippen LogP contribution in [-0.4, -0.2) is 54.6 Å². The van der Waals surface area contributed by atoms with Gasteiger partial charge in [0.25, 0.3) is 0 Å². The smallest absolute Gasteiger partial charge is 0.243 e. The molecule has 1 aliphatic rings. The second kappa shape index (κ2) is 10.6. The van der Waals surface area contributed by atoms with Crippen molar-refractivity contribution in [3.63, 3.8) is 0 Å². The van der Waals surface area contributed by atoms with Crippen LogP contribution in [0.25, 0.3) is 16.9 Å².